The third-order valence-corrected chi connectivity index (χ3v) is 1.94. The average Bonchev–Trinajstić information content (AvgIpc) is 2.16. The normalized spacial score (nSPS) is 13.6. The van der Waals surface area contributed by atoms with E-state index in [0.717, 1.165) is 0 Å². The van der Waals surface area contributed by atoms with E-state index in [-0.39, 0.29) is 24.7 Å². The smallest absolute Gasteiger partial charge is 0.327 e. The molecule has 0 rings (SSSR count). The van der Waals surface area contributed by atoms with Crippen molar-refractivity contribution in [3.8, 4) is 12.3 Å². The van der Waals surface area contributed by atoms with Gasteiger partial charge in [-0.15, -0.1) is 12.3 Å². The molecule has 0 saturated heterocycles. The van der Waals surface area contributed by atoms with Gasteiger partial charge in [-0.3, -0.25) is 4.79 Å². The number of terminal acetylenes is 1. The van der Waals surface area contributed by atoms with Crippen LogP contribution < -0.4 is 5.32 Å². The lowest BCUT2D eigenvalue weighted by atomic mass is 10.1. The number of carboxylic acid groups (broad SMARTS) is 1. The third-order valence-electron chi connectivity index (χ3n) is 1.94. The summed E-state index contributed by atoms with van der Waals surface area (Å²) in [5, 5.41) is 11.1. The molecule has 16 heavy (non-hydrogen) atoms. The van der Waals surface area contributed by atoms with Crippen LogP contribution >= 0.6 is 0 Å². The first-order chi connectivity index (χ1) is 7.51. The van der Waals surface area contributed by atoms with E-state index in [1.54, 1.807) is 7.11 Å². The molecule has 0 heterocycles. The van der Waals surface area contributed by atoms with E-state index in [4.69, 9.17) is 16.3 Å². The molecule has 2 N–H and O–H groups in total. The molecular weight excluding hydrogens is 210 g/mol. The van der Waals surface area contributed by atoms with Crippen LogP contribution in [0.15, 0.2) is 0 Å². The zero-order valence-electron chi connectivity index (χ0n) is 9.53. The van der Waals surface area contributed by atoms with E-state index >= 15 is 0 Å². The fourth-order valence-electron chi connectivity index (χ4n) is 1.23. The molecule has 0 saturated carbocycles. The molecule has 0 aromatic heterocycles. The van der Waals surface area contributed by atoms with Gasteiger partial charge in [0.05, 0.1) is 0 Å². The summed E-state index contributed by atoms with van der Waals surface area (Å²) in [4.78, 5) is 22.1. The van der Waals surface area contributed by atoms with Crippen LogP contribution in [0.1, 0.15) is 19.8 Å². The lowest BCUT2D eigenvalue weighted by Gasteiger charge is -2.14. The summed E-state index contributed by atoms with van der Waals surface area (Å²) < 4.78 is 4.88. The maximum absolute atomic E-state index is 11.4. The maximum atomic E-state index is 11.4. The number of rotatable bonds is 7. The second-order valence-corrected chi connectivity index (χ2v) is 3.63. The van der Waals surface area contributed by atoms with E-state index in [2.05, 4.69) is 11.2 Å². The van der Waals surface area contributed by atoms with Crippen LogP contribution in [-0.4, -0.2) is 36.7 Å². The summed E-state index contributed by atoms with van der Waals surface area (Å²) >= 11 is 0. The molecule has 0 aliphatic heterocycles. The number of amides is 1. The van der Waals surface area contributed by atoms with E-state index in [9.17, 15) is 9.59 Å². The predicted molar refractivity (Wildman–Crippen MR) is 58.7 cm³/mol. The Morgan fingerprint density at radius 3 is 2.62 bits per heavy atom. The Morgan fingerprint density at radius 2 is 2.19 bits per heavy atom. The molecule has 2 unspecified atom stereocenters. The van der Waals surface area contributed by atoms with E-state index < -0.39 is 12.0 Å². The van der Waals surface area contributed by atoms with Crippen molar-refractivity contribution in [2.24, 2.45) is 5.92 Å². The van der Waals surface area contributed by atoms with Crippen molar-refractivity contribution < 1.29 is 19.4 Å². The highest BCUT2D eigenvalue weighted by Crippen LogP contribution is 2.02. The molecule has 0 radical (unpaired) electrons. The summed E-state index contributed by atoms with van der Waals surface area (Å²) in [7, 11) is 1.55. The summed E-state index contributed by atoms with van der Waals surface area (Å²) in [5.41, 5.74) is 0. The largest absolute Gasteiger partial charge is 0.480 e. The summed E-state index contributed by atoms with van der Waals surface area (Å²) in [6.07, 6.45) is 5.22. The summed E-state index contributed by atoms with van der Waals surface area (Å²) in [5.74, 6) is 0.813. The fraction of sp³-hybridized carbons (Fsp3) is 0.636. The van der Waals surface area contributed by atoms with E-state index in [0.29, 0.717) is 6.61 Å². The van der Waals surface area contributed by atoms with Crippen molar-refractivity contribution in [1.82, 2.24) is 5.32 Å². The van der Waals surface area contributed by atoms with Crippen LogP contribution in [0, 0.1) is 18.3 Å². The third kappa shape index (κ3) is 6.04. The Bertz CT molecular complexity index is 282. The fourth-order valence-corrected chi connectivity index (χ4v) is 1.23. The summed E-state index contributed by atoms with van der Waals surface area (Å²) in [6.45, 7) is 2.31. The molecule has 0 aromatic carbocycles. The van der Waals surface area contributed by atoms with Crippen LogP contribution in [0.2, 0.25) is 0 Å². The van der Waals surface area contributed by atoms with Crippen molar-refractivity contribution in [2.45, 2.75) is 25.8 Å². The zero-order chi connectivity index (χ0) is 12.6. The Kier molecular flexibility index (Phi) is 6.97. The number of carbonyl (C=O) groups is 2. The monoisotopic (exact) mass is 227 g/mol. The molecule has 5 heteroatoms. The van der Waals surface area contributed by atoms with Gasteiger partial charge in [0.1, 0.15) is 6.04 Å². The van der Waals surface area contributed by atoms with E-state index in [1.165, 1.54) is 0 Å². The SMILES string of the molecule is C#CCC(NC(=O)CC(C)COC)C(=O)O. The van der Waals surface area contributed by atoms with Gasteiger partial charge < -0.3 is 15.2 Å². The van der Waals surface area contributed by atoms with Gasteiger partial charge in [0.2, 0.25) is 5.91 Å². The molecular formula is C11H17NO4. The second kappa shape index (κ2) is 7.71. The minimum Gasteiger partial charge on any atom is -0.480 e. The second-order valence-electron chi connectivity index (χ2n) is 3.63. The molecule has 0 bridgehead atoms. The lowest BCUT2D eigenvalue weighted by molar-refractivity contribution is -0.141. The number of aliphatic carboxylic acids is 1. The first-order valence-corrected chi connectivity index (χ1v) is 4.95. The topological polar surface area (TPSA) is 75.6 Å². The molecule has 0 aliphatic rings. The first-order valence-electron chi connectivity index (χ1n) is 4.95. The number of hydrogen-bond acceptors (Lipinski definition) is 3. The Morgan fingerprint density at radius 1 is 1.56 bits per heavy atom. The molecule has 2 atom stereocenters. The van der Waals surface area contributed by atoms with Crippen LogP contribution in [0.25, 0.3) is 0 Å². The van der Waals surface area contributed by atoms with Crippen molar-refractivity contribution in [3.05, 3.63) is 0 Å². The van der Waals surface area contributed by atoms with Crippen molar-refractivity contribution >= 4 is 11.9 Å². The van der Waals surface area contributed by atoms with Gasteiger partial charge in [0, 0.05) is 26.6 Å². The van der Waals surface area contributed by atoms with Gasteiger partial charge in [-0.25, -0.2) is 4.79 Å². The molecule has 0 aromatic rings. The van der Waals surface area contributed by atoms with Gasteiger partial charge in [0.15, 0.2) is 0 Å². The number of nitrogens with one attached hydrogen (secondary N) is 1. The van der Waals surface area contributed by atoms with Crippen LogP contribution in [0.5, 0.6) is 0 Å². The minimum atomic E-state index is -1.12. The van der Waals surface area contributed by atoms with Crippen molar-refractivity contribution in [1.29, 1.82) is 0 Å². The highest BCUT2D eigenvalue weighted by molar-refractivity contribution is 5.83. The van der Waals surface area contributed by atoms with E-state index in [1.807, 2.05) is 6.92 Å². The van der Waals surface area contributed by atoms with Crippen LogP contribution in [0.3, 0.4) is 0 Å². The van der Waals surface area contributed by atoms with Crippen LogP contribution in [-0.2, 0) is 14.3 Å². The number of carboxylic acids is 1. The highest BCUT2D eigenvalue weighted by atomic mass is 16.5. The number of hydrogen-bond donors (Lipinski definition) is 2. The Balaban J connectivity index is 4.10. The maximum Gasteiger partial charge on any atom is 0.327 e. The molecule has 0 spiro atoms. The zero-order valence-corrected chi connectivity index (χ0v) is 9.53. The number of carbonyl (C=O) groups excluding carboxylic acids is 1. The number of ether oxygens (including phenoxy) is 1. The quantitative estimate of drug-likeness (QED) is 0.611. The predicted octanol–water partition coefficient (Wildman–Crippen LogP) is 0.252. The summed E-state index contributed by atoms with van der Waals surface area (Å²) in [6, 6.07) is -1.01. The molecule has 1 amide bonds. The Hall–Kier alpha value is -1.54. The Labute approximate surface area is 95.2 Å². The molecule has 5 nitrogen and oxygen atoms in total. The molecule has 0 fully saturated rings. The molecule has 90 valence electrons. The molecule has 0 aliphatic carbocycles. The minimum absolute atomic E-state index is 0.0142. The standard InChI is InChI=1S/C11H17NO4/c1-4-5-9(11(14)15)12-10(13)6-8(2)7-16-3/h1,8-9H,5-7H2,2-3H3,(H,12,13)(H,14,15). The van der Waals surface area contributed by atoms with Gasteiger partial charge in [0.25, 0.3) is 0 Å². The van der Waals surface area contributed by atoms with Crippen molar-refractivity contribution in [2.75, 3.05) is 13.7 Å². The average molecular weight is 227 g/mol. The lowest BCUT2D eigenvalue weighted by Crippen LogP contribution is -2.41. The van der Waals surface area contributed by atoms with Gasteiger partial charge in [-0.2, -0.15) is 0 Å². The van der Waals surface area contributed by atoms with Gasteiger partial charge in [-0.1, -0.05) is 6.92 Å². The highest BCUT2D eigenvalue weighted by Gasteiger charge is 2.19. The first kappa shape index (κ1) is 14.5. The van der Waals surface area contributed by atoms with Gasteiger partial charge >= 0.3 is 5.97 Å². The number of methoxy groups -OCH3 is 1. The van der Waals surface area contributed by atoms with Gasteiger partial charge in [-0.05, 0) is 5.92 Å². The van der Waals surface area contributed by atoms with Crippen LogP contribution in [0.4, 0.5) is 0 Å². The van der Waals surface area contributed by atoms with Crippen molar-refractivity contribution in [3.63, 3.8) is 0 Å².